The Kier molecular flexibility index (Phi) is 2.97. The number of aryl methyl sites for hydroxylation is 1. The molecule has 0 aliphatic heterocycles. The first-order chi connectivity index (χ1) is 11.8. The summed E-state index contributed by atoms with van der Waals surface area (Å²) in [4.78, 5) is 27.9. The molecule has 4 saturated carbocycles. The molecule has 4 fully saturated rings. The minimum absolute atomic E-state index is 0.114. The Hall–Kier alpha value is -1.62. The summed E-state index contributed by atoms with van der Waals surface area (Å²) in [5.41, 5.74) is 2.36. The van der Waals surface area contributed by atoms with Gasteiger partial charge in [0.2, 0.25) is 0 Å². The lowest BCUT2D eigenvalue weighted by Crippen LogP contribution is -2.35. The maximum absolute atomic E-state index is 12.6. The van der Waals surface area contributed by atoms with Crippen LogP contribution in [0.1, 0.15) is 54.7 Å². The molecule has 1 aromatic rings. The maximum Gasteiger partial charge on any atom is 0.261 e. The lowest BCUT2D eigenvalue weighted by Gasteiger charge is -2.31. The zero-order chi connectivity index (χ0) is 17.6. The average molecular weight is 342 g/mol. The second-order valence-corrected chi connectivity index (χ2v) is 9.60. The van der Waals surface area contributed by atoms with Crippen molar-refractivity contribution in [3.05, 3.63) is 33.2 Å². The molecule has 0 aromatic carbocycles. The van der Waals surface area contributed by atoms with Crippen LogP contribution in [0.25, 0.3) is 0 Å². The largest absolute Gasteiger partial charge is 0.393 e. The first-order valence-electron chi connectivity index (χ1n) is 9.52. The summed E-state index contributed by atoms with van der Waals surface area (Å²) >= 11 is 0. The first kappa shape index (κ1) is 15.6. The Balaban J connectivity index is 1.34. The Labute approximate surface area is 147 Å². The molecule has 5 unspecified atom stereocenters. The lowest BCUT2D eigenvalue weighted by atomic mass is 9.76. The van der Waals surface area contributed by atoms with Gasteiger partial charge < -0.3 is 15.4 Å². The number of amides is 1. The Morgan fingerprint density at radius 2 is 2.24 bits per heavy atom. The third kappa shape index (κ3) is 2.11. The van der Waals surface area contributed by atoms with E-state index in [1.165, 1.54) is 0 Å². The molecule has 6 rings (SSSR count). The summed E-state index contributed by atoms with van der Waals surface area (Å²) in [7, 11) is 0. The molecule has 1 heterocycles. The van der Waals surface area contributed by atoms with E-state index in [0.29, 0.717) is 24.3 Å². The third-order valence-corrected chi connectivity index (χ3v) is 7.54. The summed E-state index contributed by atoms with van der Waals surface area (Å²) < 4.78 is 0. The minimum Gasteiger partial charge on any atom is -0.393 e. The molecule has 5 atom stereocenters. The molecule has 25 heavy (non-hydrogen) atoms. The fraction of sp³-hybridized carbons (Fsp3) is 0.700. The fourth-order valence-corrected chi connectivity index (χ4v) is 6.20. The van der Waals surface area contributed by atoms with Crippen molar-refractivity contribution in [3.8, 4) is 0 Å². The van der Waals surface area contributed by atoms with Crippen LogP contribution in [0.4, 0.5) is 0 Å². The second kappa shape index (κ2) is 4.76. The molecule has 0 saturated heterocycles. The minimum atomic E-state index is -0.281. The molecule has 0 radical (unpaired) electrons. The summed E-state index contributed by atoms with van der Waals surface area (Å²) in [6.07, 6.45) is 4.77. The van der Waals surface area contributed by atoms with E-state index in [4.69, 9.17) is 0 Å². The number of H-pyrrole nitrogens is 1. The Bertz CT molecular complexity index is 827. The van der Waals surface area contributed by atoms with Crippen molar-refractivity contribution in [1.82, 2.24) is 10.3 Å². The number of pyridine rings is 1. The molecule has 5 nitrogen and oxygen atoms in total. The summed E-state index contributed by atoms with van der Waals surface area (Å²) in [5.74, 6) is 1.11. The molecule has 4 bridgehead atoms. The zero-order valence-corrected chi connectivity index (χ0v) is 14.9. The standard InChI is InChI=1S/C20H26N2O3/c1-19(2)4-3-14-10(7-19)5-12(18(25)22-14)17(24)21-9-20-8-11-6-13(20)15(20)16(11)23/h5,11,13,15-16,23H,3-4,6-9H2,1-2H3,(H,21,24)(H,22,25). The van der Waals surface area contributed by atoms with Gasteiger partial charge in [0.1, 0.15) is 5.56 Å². The molecular weight excluding hydrogens is 316 g/mol. The van der Waals surface area contributed by atoms with Crippen molar-refractivity contribution in [3.63, 3.8) is 0 Å². The maximum atomic E-state index is 12.6. The zero-order valence-electron chi connectivity index (χ0n) is 14.9. The van der Waals surface area contributed by atoms with E-state index in [-0.39, 0.29) is 34.0 Å². The highest BCUT2D eigenvalue weighted by atomic mass is 16.3. The summed E-state index contributed by atoms with van der Waals surface area (Å²) in [5, 5.41) is 13.2. The van der Waals surface area contributed by atoms with Gasteiger partial charge in [-0.15, -0.1) is 0 Å². The number of aliphatic hydroxyl groups is 1. The van der Waals surface area contributed by atoms with Crippen molar-refractivity contribution < 1.29 is 9.90 Å². The van der Waals surface area contributed by atoms with Crippen molar-refractivity contribution in [2.45, 2.75) is 52.1 Å². The van der Waals surface area contributed by atoms with Gasteiger partial charge in [-0.05, 0) is 72.3 Å². The number of carbonyl (C=O) groups is 1. The highest BCUT2D eigenvalue weighted by Gasteiger charge is 2.78. The normalized spacial score (nSPS) is 39.2. The number of aliphatic hydroxyl groups excluding tert-OH is 1. The van der Waals surface area contributed by atoms with Crippen LogP contribution in [-0.4, -0.2) is 28.6 Å². The van der Waals surface area contributed by atoms with Gasteiger partial charge in [0.15, 0.2) is 0 Å². The van der Waals surface area contributed by atoms with Crippen LogP contribution in [0, 0.1) is 28.6 Å². The second-order valence-electron chi connectivity index (χ2n) is 9.60. The summed E-state index contributed by atoms with van der Waals surface area (Å²) in [6, 6.07) is 1.80. The van der Waals surface area contributed by atoms with Crippen molar-refractivity contribution in [1.29, 1.82) is 0 Å². The average Bonchev–Trinajstić information content (AvgIpc) is 2.83. The van der Waals surface area contributed by atoms with E-state index < -0.39 is 0 Å². The van der Waals surface area contributed by atoms with E-state index in [2.05, 4.69) is 24.1 Å². The molecular formula is C20H26N2O3. The van der Waals surface area contributed by atoms with E-state index in [1.807, 2.05) is 0 Å². The van der Waals surface area contributed by atoms with Crippen LogP contribution < -0.4 is 10.9 Å². The third-order valence-electron chi connectivity index (χ3n) is 7.54. The van der Waals surface area contributed by atoms with Crippen LogP contribution in [0.3, 0.4) is 0 Å². The number of hydrogen-bond donors (Lipinski definition) is 3. The van der Waals surface area contributed by atoms with Crippen LogP contribution in [0.2, 0.25) is 0 Å². The number of hydrogen-bond acceptors (Lipinski definition) is 3. The monoisotopic (exact) mass is 342 g/mol. The molecule has 134 valence electrons. The number of aromatic amines is 1. The number of fused-ring (bicyclic) bond motifs is 1. The van der Waals surface area contributed by atoms with Crippen molar-refractivity contribution in [2.75, 3.05) is 6.54 Å². The predicted octanol–water partition coefficient (Wildman–Crippen LogP) is 1.64. The van der Waals surface area contributed by atoms with Gasteiger partial charge in [0.05, 0.1) is 6.10 Å². The number of nitrogens with one attached hydrogen (secondary N) is 2. The van der Waals surface area contributed by atoms with Gasteiger partial charge in [0, 0.05) is 12.2 Å². The van der Waals surface area contributed by atoms with Crippen LogP contribution in [-0.2, 0) is 12.8 Å². The van der Waals surface area contributed by atoms with Crippen LogP contribution in [0.5, 0.6) is 0 Å². The van der Waals surface area contributed by atoms with E-state index >= 15 is 0 Å². The highest BCUT2D eigenvalue weighted by molar-refractivity contribution is 5.94. The lowest BCUT2D eigenvalue weighted by molar-refractivity contribution is 0.0939. The SMILES string of the molecule is CC1(C)CCc2[nH]c(=O)c(C(=O)NCC34CC5CC3C4C5O)cc2C1. The molecule has 5 aliphatic rings. The topological polar surface area (TPSA) is 82.2 Å². The van der Waals surface area contributed by atoms with Crippen molar-refractivity contribution >= 4 is 5.91 Å². The quantitative estimate of drug-likeness (QED) is 0.781. The van der Waals surface area contributed by atoms with E-state index in [0.717, 1.165) is 43.4 Å². The highest BCUT2D eigenvalue weighted by Crippen LogP contribution is 2.78. The van der Waals surface area contributed by atoms with Crippen LogP contribution in [0.15, 0.2) is 10.9 Å². The van der Waals surface area contributed by atoms with Gasteiger partial charge in [-0.25, -0.2) is 0 Å². The van der Waals surface area contributed by atoms with Gasteiger partial charge in [-0.1, -0.05) is 13.8 Å². The smallest absolute Gasteiger partial charge is 0.261 e. The molecule has 5 heteroatoms. The van der Waals surface area contributed by atoms with Gasteiger partial charge >= 0.3 is 0 Å². The first-order valence-corrected chi connectivity index (χ1v) is 9.52. The number of aromatic nitrogens is 1. The predicted molar refractivity (Wildman–Crippen MR) is 93.3 cm³/mol. The molecule has 1 amide bonds. The molecule has 1 aromatic heterocycles. The summed E-state index contributed by atoms with van der Waals surface area (Å²) in [6.45, 7) is 5.05. The number of carbonyl (C=O) groups excluding carboxylic acids is 1. The Morgan fingerprint density at radius 1 is 1.44 bits per heavy atom. The van der Waals surface area contributed by atoms with Crippen LogP contribution >= 0.6 is 0 Å². The fourth-order valence-electron chi connectivity index (χ4n) is 6.20. The molecule has 0 spiro atoms. The van der Waals surface area contributed by atoms with Gasteiger partial charge in [0.25, 0.3) is 11.5 Å². The van der Waals surface area contributed by atoms with E-state index in [9.17, 15) is 14.7 Å². The van der Waals surface area contributed by atoms with Gasteiger partial charge in [-0.3, -0.25) is 9.59 Å². The van der Waals surface area contributed by atoms with Gasteiger partial charge in [-0.2, -0.15) is 0 Å². The van der Waals surface area contributed by atoms with E-state index in [1.54, 1.807) is 6.07 Å². The van der Waals surface area contributed by atoms with Crippen molar-refractivity contribution in [2.24, 2.45) is 28.6 Å². The number of rotatable bonds is 3. The Morgan fingerprint density at radius 3 is 2.88 bits per heavy atom. The molecule has 3 N–H and O–H groups in total. The molecule has 5 aliphatic carbocycles.